The summed E-state index contributed by atoms with van der Waals surface area (Å²) in [5.74, 6) is 0.103. The van der Waals surface area contributed by atoms with Crippen molar-refractivity contribution in [1.82, 2.24) is 9.80 Å². The van der Waals surface area contributed by atoms with Gasteiger partial charge in [0.2, 0.25) is 0 Å². The molecule has 1 saturated heterocycles. The van der Waals surface area contributed by atoms with E-state index in [0.717, 1.165) is 40.7 Å². The molecule has 2 rings (SSSR count). The van der Waals surface area contributed by atoms with Crippen molar-refractivity contribution in [2.45, 2.75) is 26.3 Å². The Morgan fingerprint density at radius 3 is 2.25 bits per heavy atom. The fourth-order valence-corrected chi connectivity index (χ4v) is 3.19. The van der Waals surface area contributed by atoms with Crippen LogP contribution < -0.4 is 0 Å². The minimum atomic E-state index is 0.103. The van der Waals surface area contributed by atoms with Gasteiger partial charge in [0.25, 0.3) is 5.91 Å². The summed E-state index contributed by atoms with van der Waals surface area (Å²) in [5.41, 5.74) is 0.898. The quantitative estimate of drug-likeness (QED) is 0.712. The summed E-state index contributed by atoms with van der Waals surface area (Å²) in [5, 5.41) is 0. The Morgan fingerprint density at radius 2 is 1.70 bits per heavy atom. The van der Waals surface area contributed by atoms with Crippen molar-refractivity contribution in [1.29, 1.82) is 0 Å². The SMILES string of the molecule is CC(C)(C)N1CCN(C(=O)c2cc(Br)ccc2Br)CC1. The molecule has 0 saturated carbocycles. The summed E-state index contributed by atoms with van der Waals surface area (Å²) in [4.78, 5) is 16.9. The molecule has 0 bridgehead atoms. The van der Waals surface area contributed by atoms with Gasteiger partial charge in [0, 0.05) is 40.7 Å². The van der Waals surface area contributed by atoms with Gasteiger partial charge < -0.3 is 4.90 Å². The van der Waals surface area contributed by atoms with E-state index >= 15 is 0 Å². The molecule has 3 nitrogen and oxygen atoms in total. The minimum Gasteiger partial charge on any atom is -0.336 e. The molecular formula is C15H20Br2N2O. The average Bonchev–Trinajstić information content (AvgIpc) is 2.40. The lowest BCUT2D eigenvalue weighted by Gasteiger charge is -2.42. The number of halogens is 2. The highest BCUT2D eigenvalue weighted by molar-refractivity contribution is 9.11. The molecule has 0 spiro atoms. The summed E-state index contributed by atoms with van der Waals surface area (Å²) < 4.78 is 1.78. The Kier molecular flexibility index (Phi) is 4.92. The lowest BCUT2D eigenvalue weighted by Crippen LogP contribution is -2.54. The van der Waals surface area contributed by atoms with Gasteiger partial charge in [0.1, 0.15) is 0 Å². The first-order chi connectivity index (χ1) is 9.29. The average molecular weight is 404 g/mol. The van der Waals surface area contributed by atoms with Crippen molar-refractivity contribution >= 4 is 37.8 Å². The summed E-state index contributed by atoms with van der Waals surface area (Å²) in [6, 6.07) is 5.71. The molecule has 1 aliphatic heterocycles. The normalized spacial score (nSPS) is 17.4. The van der Waals surface area contributed by atoms with E-state index in [2.05, 4.69) is 57.5 Å². The molecular weight excluding hydrogens is 384 g/mol. The predicted octanol–water partition coefficient (Wildman–Crippen LogP) is 3.77. The van der Waals surface area contributed by atoms with Crippen molar-refractivity contribution in [2.75, 3.05) is 26.2 Å². The molecule has 20 heavy (non-hydrogen) atoms. The Morgan fingerprint density at radius 1 is 1.10 bits per heavy atom. The first-order valence-electron chi connectivity index (χ1n) is 6.78. The number of carbonyl (C=O) groups is 1. The number of hydrogen-bond acceptors (Lipinski definition) is 2. The standard InChI is InChI=1S/C15H20Br2N2O/c1-15(2,3)19-8-6-18(7-9-19)14(20)12-10-11(16)4-5-13(12)17/h4-5,10H,6-9H2,1-3H3. The van der Waals surface area contributed by atoms with Crippen LogP contribution >= 0.6 is 31.9 Å². The second kappa shape index (κ2) is 6.16. The monoisotopic (exact) mass is 402 g/mol. The third kappa shape index (κ3) is 3.62. The summed E-state index contributed by atoms with van der Waals surface area (Å²) in [6.07, 6.45) is 0. The first-order valence-corrected chi connectivity index (χ1v) is 8.37. The maximum atomic E-state index is 12.6. The molecule has 110 valence electrons. The lowest BCUT2D eigenvalue weighted by atomic mass is 10.0. The third-order valence-electron chi connectivity index (χ3n) is 3.67. The maximum absolute atomic E-state index is 12.6. The van der Waals surface area contributed by atoms with Gasteiger partial charge >= 0.3 is 0 Å². The number of piperazine rings is 1. The topological polar surface area (TPSA) is 23.6 Å². The van der Waals surface area contributed by atoms with Gasteiger partial charge in [0.05, 0.1) is 5.56 Å². The van der Waals surface area contributed by atoms with Gasteiger partial charge in [-0.1, -0.05) is 15.9 Å². The zero-order valence-corrected chi connectivity index (χ0v) is 15.3. The number of carbonyl (C=O) groups excluding carboxylic acids is 1. The molecule has 0 unspecified atom stereocenters. The van der Waals surface area contributed by atoms with Crippen molar-refractivity contribution in [3.05, 3.63) is 32.7 Å². The first kappa shape index (κ1) is 16.0. The van der Waals surface area contributed by atoms with E-state index < -0.39 is 0 Å². The van der Waals surface area contributed by atoms with E-state index in [1.54, 1.807) is 0 Å². The Labute approximate surface area is 137 Å². The van der Waals surface area contributed by atoms with Crippen LogP contribution in [0.5, 0.6) is 0 Å². The highest BCUT2D eigenvalue weighted by atomic mass is 79.9. The van der Waals surface area contributed by atoms with Crippen LogP contribution in [0.4, 0.5) is 0 Å². The van der Waals surface area contributed by atoms with Crippen LogP contribution in [0, 0.1) is 0 Å². The zero-order chi connectivity index (χ0) is 14.9. The summed E-state index contributed by atoms with van der Waals surface area (Å²) in [7, 11) is 0. The molecule has 0 aromatic heterocycles. The van der Waals surface area contributed by atoms with Gasteiger partial charge in [-0.15, -0.1) is 0 Å². The van der Waals surface area contributed by atoms with Gasteiger partial charge in [-0.25, -0.2) is 0 Å². The van der Waals surface area contributed by atoms with Crippen molar-refractivity contribution in [2.24, 2.45) is 0 Å². The Balaban J connectivity index is 2.07. The Bertz CT molecular complexity index is 503. The molecule has 1 heterocycles. The van der Waals surface area contributed by atoms with Crippen molar-refractivity contribution < 1.29 is 4.79 Å². The molecule has 5 heteroatoms. The molecule has 0 atom stereocenters. The van der Waals surface area contributed by atoms with Crippen LogP contribution in [0.1, 0.15) is 31.1 Å². The van der Waals surface area contributed by atoms with Crippen LogP contribution in [-0.2, 0) is 0 Å². The molecule has 0 aliphatic carbocycles. The number of nitrogens with zero attached hydrogens (tertiary/aromatic N) is 2. The zero-order valence-electron chi connectivity index (χ0n) is 12.1. The number of benzene rings is 1. The van der Waals surface area contributed by atoms with E-state index in [1.807, 2.05) is 23.1 Å². The number of hydrogen-bond donors (Lipinski definition) is 0. The molecule has 1 aliphatic rings. The van der Waals surface area contributed by atoms with Crippen LogP contribution in [0.15, 0.2) is 27.1 Å². The molecule has 0 N–H and O–H groups in total. The highest BCUT2D eigenvalue weighted by Gasteiger charge is 2.28. The lowest BCUT2D eigenvalue weighted by molar-refractivity contribution is 0.0450. The maximum Gasteiger partial charge on any atom is 0.255 e. The molecule has 1 aromatic carbocycles. The fourth-order valence-electron chi connectivity index (χ4n) is 2.41. The second-order valence-electron chi connectivity index (χ2n) is 6.07. The van der Waals surface area contributed by atoms with E-state index in [4.69, 9.17) is 0 Å². The van der Waals surface area contributed by atoms with E-state index in [0.29, 0.717) is 0 Å². The predicted molar refractivity (Wildman–Crippen MR) is 89.1 cm³/mol. The third-order valence-corrected chi connectivity index (χ3v) is 4.86. The van der Waals surface area contributed by atoms with Crippen LogP contribution in [0.2, 0.25) is 0 Å². The van der Waals surface area contributed by atoms with Crippen LogP contribution in [0.3, 0.4) is 0 Å². The number of amides is 1. The largest absolute Gasteiger partial charge is 0.336 e. The molecule has 1 fully saturated rings. The van der Waals surface area contributed by atoms with Gasteiger partial charge in [-0.05, 0) is 54.9 Å². The minimum absolute atomic E-state index is 0.103. The van der Waals surface area contributed by atoms with Gasteiger partial charge in [-0.2, -0.15) is 0 Å². The van der Waals surface area contributed by atoms with E-state index in [-0.39, 0.29) is 11.4 Å². The fraction of sp³-hybridized carbons (Fsp3) is 0.533. The van der Waals surface area contributed by atoms with Crippen molar-refractivity contribution in [3.63, 3.8) is 0 Å². The molecule has 0 radical (unpaired) electrons. The van der Waals surface area contributed by atoms with Crippen LogP contribution in [0.25, 0.3) is 0 Å². The number of rotatable bonds is 1. The van der Waals surface area contributed by atoms with Crippen molar-refractivity contribution in [3.8, 4) is 0 Å². The van der Waals surface area contributed by atoms with Gasteiger partial charge in [0.15, 0.2) is 0 Å². The summed E-state index contributed by atoms with van der Waals surface area (Å²) >= 11 is 6.89. The highest BCUT2D eigenvalue weighted by Crippen LogP contribution is 2.24. The van der Waals surface area contributed by atoms with E-state index in [9.17, 15) is 4.79 Å². The molecule has 1 amide bonds. The Hall–Kier alpha value is -0.390. The second-order valence-corrected chi connectivity index (χ2v) is 7.84. The van der Waals surface area contributed by atoms with E-state index in [1.165, 1.54) is 0 Å². The smallest absolute Gasteiger partial charge is 0.255 e. The summed E-state index contributed by atoms with van der Waals surface area (Å²) in [6.45, 7) is 10.1. The van der Waals surface area contributed by atoms with Gasteiger partial charge in [-0.3, -0.25) is 9.69 Å². The molecule has 1 aromatic rings. The van der Waals surface area contributed by atoms with Crippen LogP contribution in [-0.4, -0.2) is 47.4 Å².